The lowest BCUT2D eigenvalue weighted by Crippen LogP contribution is -2.36. The number of aromatic nitrogens is 2. The van der Waals surface area contributed by atoms with Crippen molar-refractivity contribution in [1.82, 2.24) is 9.55 Å². The molecule has 1 atom stereocenters. The van der Waals surface area contributed by atoms with E-state index in [1.54, 1.807) is 13.0 Å². The van der Waals surface area contributed by atoms with E-state index < -0.39 is 6.04 Å². The Balaban J connectivity index is 1.74. The Bertz CT molecular complexity index is 1160. The van der Waals surface area contributed by atoms with E-state index in [0.717, 1.165) is 5.56 Å². The molecule has 1 aromatic heterocycles. The van der Waals surface area contributed by atoms with Crippen LogP contribution in [-0.4, -0.2) is 21.1 Å². The third-order valence-electron chi connectivity index (χ3n) is 5.46. The van der Waals surface area contributed by atoms with Crippen LogP contribution in [0.4, 0.5) is 5.69 Å². The van der Waals surface area contributed by atoms with Crippen LogP contribution in [0.25, 0.3) is 10.9 Å². The van der Waals surface area contributed by atoms with Crippen molar-refractivity contribution in [3.05, 3.63) is 69.8 Å². The summed E-state index contributed by atoms with van der Waals surface area (Å²) in [5.74, 6) is 0.217. The molecule has 0 aliphatic heterocycles. The highest BCUT2D eigenvalue weighted by Gasteiger charge is 2.30. The van der Waals surface area contributed by atoms with Gasteiger partial charge >= 0.3 is 0 Å². The summed E-state index contributed by atoms with van der Waals surface area (Å²) in [6.07, 6.45) is 0.556. The number of anilines is 1. The fraction of sp³-hybridized carbons (Fsp3) is 0.304. The van der Waals surface area contributed by atoms with Crippen LogP contribution in [0.1, 0.15) is 42.3 Å². The molecule has 148 valence electrons. The largest absolute Gasteiger partial charge is 0.380 e. The van der Waals surface area contributed by atoms with Crippen molar-refractivity contribution in [3.8, 4) is 0 Å². The zero-order valence-electron chi connectivity index (χ0n) is 16.6. The second-order valence-corrected chi connectivity index (χ2v) is 7.61. The second kappa shape index (κ2) is 7.62. The van der Waals surface area contributed by atoms with Gasteiger partial charge in [0.2, 0.25) is 0 Å². The first kappa shape index (κ1) is 19.1. The Morgan fingerprint density at radius 1 is 1.07 bits per heavy atom. The van der Waals surface area contributed by atoms with Crippen LogP contribution < -0.4 is 10.9 Å². The first-order chi connectivity index (χ1) is 13.9. The predicted octanol–water partition coefficient (Wildman–Crippen LogP) is 3.49. The Morgan fingerprint density at radius 3 is 2.55 bits per heavy atom. The number of nitrogens with one attached hydrogen (secondary N) is 1. The van der Waals surface area contributed by atoms with Crippen LogP contribution in [0.15, 0.2) is 47.3 Å². The lowest BCUT2D eigenvalue weighted by atomic mass is 9.92. The van der Waals surface area contributed by atoms with Gasteiger partial charge in [0.15, 0.2) is 5.78 Å². The van der Waals surface area contributed by atoms with Crippen molar-refractivity contribution < 1.29 is 9.59 Å². The molecule has 1 aliphatic carbocycles. The molecule has 1 fully saturated rings. The maximum Gasteiger partial charge on any atom is 0.264 e. The monoisotopic (exact) mass is 389 g/mol. The van der Waals surface area contributed by atoms with Crippen LogP contribution in [0, 0.1) is 13.8 Å². The fourth-order valence-corrected chi connectivity index (χ4v) is 3.90. The van der Waals surface area contributed by atoms with E-state index in [2.05, 4.69) is 10.3 Å². The Morgan fingerprint density at radius 2 is 1.83 bits per heavy atom. The number of ketones is 2. The maximum absolute atomic E-state index is 13.4. The van der Waals surface area contributed by atoms with E-state index in [-0.39, 0.29) is 23.5 Å². The number of rotatable bonds is 4. The first-order valence-electron chi connectivity index (χ1n) is 9.80. The molecule has 6 heteroatoms. The van der Waals surface area contributed by atoms with Gasteiger partial charge in [0.05, 0.1) is 23.4 Å². The maximum atomic E-state index is 13.4. The number of hydrogen-bond donors (Lipinski definition) is 1. The molecule has 2 aromatic carbocycles. The van der Waals surface area contributed by atoms with Crippen LogP contribution in [-0.2, 0) is 16.1 Å². The highest BCUT2D eigenvalue weighted by Crippen LogP contribution is 2.26. The van der Waals surface area contributed by atoms with Crippen LogP contribution in [0.3, 0.4) is 0 Å². The third kappa shape index (κ3) is 3.70. The minimum Gasteiger partial charge on any atom is -0.380 e. The van der Waals surface area contributed by atoms with Crippen molar-refractivity contribution >= 4 is 28.2 Å². The number of Topliss-reactive ketones (excluding diaryl/α,β-unsaturated/α-hetero) is 2. The molecule has 1 aliphatic rings. The summed E-state index contributed by atoms with van der Waals surface area (Å²) in [5, 5.41) is 3.81. The average Bonchev–Trinajstić information content (AvgIpc) is 2.69. The van der Waals surface area contributed by atoms with Gasteiger partial charge in [-0.1, -0.05) is 35.9 Å². The molecule has 1 N–H and O–H groups in total. The number of fused-ring (bicyclic) bond motifs is 1. The molecular weight excluding hydrogens is 366 g/mol. The molecule has 0 spiro atoms. The number of aryl methyl sites for hydroxylation is 2. The highest BCUT2D eigenvalue weighted by atomic mass is 16.2. The van der Waals surface area contributed by atoms with E-state index in [1.807, 2.05) is 43.3 Å². The van der Waals surface area contributed by atoms with Gasteiger partial charge in [-0.2, -0.15) is 0 Å². The molecule has 1 saturated carbocycles. The van der Waals surface area contributed by atoms with Crippen molar-refractivity contribution in [2.75, 3.05) is 5.32 Å². The summed E-state index contributed by atoms with van der Waals surface area (Å²) in [6, 6.07) is 13.1. The summed E-state index contributed by atoms with van der Waals surface area (Å²) < 4.78 is 1.47. The highest BCUT2D eigenvalue weighted by molar-refractivity contribution is 6.03. The van der Waals surface area contributed by atoms with Gasteiger partial charge in [-0.05, 0) is 38.0 Å². The lowest BCUT2D eigenvalue weighted by Gasteiger charge is -2.24. The van der Waals surface area contributed by atoms with E-state index >= 15 is 0 Å². The van der Waals surface area contributed by atoms with Gasteiger partial charge in [0, 0.05) is 18.7 Å². The SMILES string of the molecule is Cc1ccc(CNc2cccc3nc(C)n(C4CCC(=O)CC4=O)c(=O)c23)cc1. The lowest BCUT2D eigenvalue weighted by molar-refractivity contribution is -0.132. The second-order valence-electron chi connectivity index (χ2n) is 7.61. The van der Waals surface area contributed by atoms with Crippen LogP contribution in [0.5, 0.6) is 0 Å². The number of benzene rings is 2. The van der Waals surface area contributed by atoms with Crippen molar-refractivity contribution in [2.45, 2.75) is 45.7 Å². The molecule has 0 amide bonds. The number of carbonyl (C=O) groups is 2. The smallest absolute Gasteiger partial charge is 0.264 e. The van der Waals surface area contributed by atoms with Gasteiger partial charge in [0.25, 0.3) is 5.56 Å². The zero-order chi connectivity index (χ0) is 20.5. The fourth-order valence-electron chi connectivity index (χ4n) is 3.90. The Labute approximate surface area is 168 Å². The third-order valence-corrected chi connectivity index (χ3v) is 5.46. The zero-order valence-corrected chi connectivity index (χ0v) is 16.6. The van der Waals surface area contributed by atoms with E-state index in [0.29, 0.717) is 41.8 Å². The van der Waals surface area contributed by atoms with Crippen molar-refractivity contribution in [2.24, 2.45) is 0 Å². The molecule has 0 bridgehead atoms. The molecule has 0 saturated heterocycles. The minimum atomic E-state index is -0.623. The number of nitrogens with zero attached hydrogens (tertiary/aromatic N) is 2. The standard InChI is InChI=1S/C23H23N3O3/c1-14-6-8-16(9-7-14)13-24-18-4-3-5-19-22(18)23(29)26(15(2)25-19)20-11-10-17(27)12-21(20)28/h3-9,20,24H,10-13H2,1-2H3. The summed E-state index contributed by atoms with van der Waals surface area (Å²) >= 11 is 0. The molecule has 29 heavy (non-hydrogen) atoms. The van der Waals surface area contributed by atoms with Gasteiger partial charge in [-0.15, -0.1) is 0 Å². The van der Waals surface area contributed by atoms with Crippen LogP contribution in [0.2, 0.25) is 0 Å². The topological polar surface area (TPSA) is 81.1 Å². The molecule has 1 unspecified atom stereocenters. The van der Waals surface area contributed by atoms with E-state index in [4.69, 9.17) is 0 Å². The van der Waals surface area contributed by atoms with Crippen molar-refractivity contribution in [3.63, 3.8) is 0 Å². The van der Waals surface area contributed by atoms with E-state index in [9.17, 15) is 14.4 Å². The summed E-state index contributed by atoms with van der Waals surface area (Å²) in [5.41, 5.74) is 3.34. The molecule has 0 radical (unpaired) electrons. The predicted molar refractivity (Wildman–Crippen MR) is 112 cm³/mol. The summed E-state index contributed by atoms with van der Waals surface area (Å²) in [7, 11) is 0. The Kier molecular flexibility index (Phi) is 5.01. The number of hydrogen-bond acceptors (Lipinski definition) is 5. The van der Waals surface area contributed by atoms with Gasteiger partial charge in [-0.3, -0.25) is 19.0 Å². The van der Waals surface area contributed by atoms with Crippen LogP contribution >= 0.6 is 0 Å². The summed E-state index contributed by atoms with van der Waals surface area (Å²) in [4.78, 5) is 42.0. The normalized spacial score (nSPS) is 17.0. The molecule has 6 nitrogen and oxygen atoms in total. The molecule has 1 heterocycles. The van der Waals surface area contributed by atoms with E-state index in [1.165, 1.54) is 10.1 Å². The van der Waals surface area contributed by atoms with Crippen molar-refractivity contribution in [1.29, 1.82) is 0 Å². The Hall–Kier alpha value is -3.28. The van der Waals surface area contributed by atoms with Gasteiger partial charge in [0.1, 0.15) is 11.6 Å². The molecule has 3 aromatic rings. The quantitative estimate of drug-likeness (QED) is 0.691. The van der Waals surface area contributed by atoms with Gasteiger partial charge < -0.3 is 5.32 Å². The molecule has 4 rings (SSSR count). The van der Waals surface area contributed by atoms with Gasteiger partial charge in [-0.25, -0.2) is 4.98 Å². The first-order valence-corrected chi connectivity index (χ1v) is 9.80. The number of carbonyl (C=O) groups excluding carboxylic acids is 2. The molecular formula is C23H23N3O3. The minimum absolute atomic E-state index is 0.0637. The average molecular weight is 389 g/mol. The summed E-state index contributed by atoms with van der Waals surface area (Å²) in [6.45, 7) is 4.35.